The molecule has 1 aliphatic carbocycles. The van der Waals surface area contributed by atoms with E-state index in [2.05, 4.69) is 24.5 Å². The number of amides is 1. The van der Waals surface area contributed by atoms with Crippen molar-refractivity contribution >= 4 is 5.91 Å². The highest BCUT2D eigenvalue weighted by atomic mass is 19.4. The second-order valence-electron chi connectivity index (χ2n) is 10.7. The van der Waals surface area contributed by atoms with E-state index in [9.17, 15) is 18.0 Å². The van der Waals surface area contributed by atoms with Gasteiger partial charge in [-0.3, -0.25) is 4.79 Å². The third kappa shape index (κ3) is 5.68. The second kappa shape index (κ2) is 10.7. The molecule has 35 heavy (non-hydrogen) atoms. The van der Waals surface area contributed by atoms with Crippen molar-refractivity contribution in [3.63, 3.8) is 0 Å². The Balaban J connectivity index is 1.55. The van der Waals surface area contributed by atoms with Gasteiger partial charge in [-0.15, -0.1) is 0 Å². The molecule has 4 rings (SSSR count). The largest absolute Gasteiger partial charge is 0.416 e. The Bertz CT molecular complexity index is 888. The molecule has 2 fully saturated rings. The van der Waals surface area contributed by atoms with Crippen LogP contribution in [0, 0.1) is 11.3 Å². The van der Waals surface area contributed by atoms with Crippen molar-refractivity contribution in [2.24, 2.45) is 17.1 Å². The fraction of sp³-hybridized carbons (Fsp3) is 0.731. The van der Waals surface area contributed by atoms with E-state index in [1.807, 2.05) is 0 Å². The van der Waals surface area contributed by atoms with Crippen LogP contribution in [-0.4, -0.2) is 55.7 Å². The number of hydrogen-bond acceptors (Lipinski definition) is 5. The lowest BCUT2D eigenvalue weighted by Gasteiger charge is -2.42. The Labute approximate surface area is 206 Å². The number of rotatable bonds is 7. The molecule has 2 heterocycles. The number of alkyl halides is 3. The Morgan fingerprint density at radius 1 is 1.23 bits per heavy atom. The molecule has 6 nitrogen and oxygen atoms in total. The van der Waals surface area contributed by atoms with Crippen LogP contribution >= 0.6 is 0 Å². The van der Waals surface area contributed by atoms with Gasteiger partial charge in [0.15, 0.2) is 0 Å². The summed E-state index contributed by atoms with van der Waals surface area (Å²) in [5.41, 5.74) is 5.87. The molecular formula is C26H39F3N4O2. The first-order valence-electron chi connectivity index (χ1n) is 12.9. The third-order valence-corrected chi connectivity index (χ3v) is 8.21. The molecule has 1 saturated heterocycles. The van der Waals surface area contributed by atoms with Crippen molar-refractivity contribution in [3.05, 3.63) is 34.9 Å². The highest BCUT2D eigenvalue weighted by molar-refractivity contribution is 5.84. The summed E-state index contributed by atoms with van der Waals surface area (Å²) in [6, 6.07) is 4.33. The molecule has 2 aliphatic heterocycles. The lowest BCUT2D eigenvalue weighted by molar-refractivity contribution is -0.146. The maximum Gasteiger partial charge on any atom is 0.416 e. The minimum atomic E-state index is -4.42. The number of nitrogens with one attached hydrogen (secondary N) is 2. The minimum absolute atomic E-state index is 0.0615. The number of nitrogens with zero attached hydrogens (tertiary/aromatic N) is 1. The van der Waals surface area contributed by atoms with Crippen LogP contribution in [0.4, 0.5) is 13.2 Å². The highest BCUT2D eigenvalue weighted by Gasteiger charge is 2.50. The summed E-state index contributed by atoms with van der Waals surface area (Å²) in [5.74, 6) is 0.196. The highest BCUT2D eigenvalue weighted by Crippen LogP contribution is 2.47. The van der Waals surface area contributed by atoms with Crippen LogP contribution < -0.4 is 16.4 Å². The molecule has 3 atom stereocenters. The lowest BCUT2D eigenvalue weighted by atomic mass is 9.73. The van der Waals surface area contributed by atoms with Crippen molar-refractivity contribution in [1.82, 2.24) is 15.5 Å². The van der Waals surface area contributed by atoms with E-state index in [0.717, 1.165) is 56.9 Å². The average molecular weight is 497 g/mol. The van der Waals surface area contributed by atoms with Crippen LogP contribution in [0.25, 0.3) is 0 Å². The summed E-state index contributed by atoms with van der Waals surface area (Å²) < 4.78 is 45.8. The van der Waals surface area contributed by atoms with E-state index in [0.29, 0.717) is 31.2 Å². The molecule has 9 heteroatoms. The quantitative estimate of drug-likeness (QED) is 0.538. The molecule has 0 aromatic heterocycles. The topological polar surface area (TPSA) is 79.6 Å². The third-order valence-electron chi connectivity index (χ3n) is 8.21. The molecule has 1 aromatic carbocycles. The zero-order valence-corrected chi connectivity index (χ0v) is 20.8. The van der Waals surface area contributed by atoms with Gasteiger partial charge in [0, 0.05) is 51.5 Å². The monoisotopic (exact) mass is 496 g/mol. The molecule has 4 N–H and O–H groups in total. The van der Waals surface area contributed by atoms with E-state index < -0.39 is 17.2 Å². The van der Waals surface area contributed by atoms with Gasteiger partial charge in [0.05, 0.1) is 17.0 Å². The Kier molecular flexibility index (Phi) is 8.10. The number of benzene rings is 1. The summed E-state index contributed by atoms with van der Waals surface area (Å²) in [5, 5.41) is 7.10. The maximum absolute atomic E-state index is 14.1. The predicted octanol–water partition coefficient (Wildman–Crippen LogP) is 3.60. The zero-order chi connectivity index (χ0) is 25.2. The van der Waals surface area contributed by atoms with Gasteiger partial charge >= 0.3 is 6.18 Å². The summed E-state index contributed by atoms with van der Waals surface area (Å²) in [4.78, 5) is 15.9. The van der Waals surface area contributed by atoms with Crippen LogP contribution in [0.2, 0.25) is 0 Å². The summed E-state index contributed by atoms with van der Waals surface area (Å²) in [6.07, 6.45) is 0.0228. The van der Waals surface area contributed by atoms with Crippen molar-refractivity contribution in [3.8, 4) is 0 Å². The second-order valence-corrected chi connectivity index (χ2v) is 10.7. The summed E-state index contributed by atoms with van der Waals surface area (Å²) >= 11 is 0. The van der Waals surface area contributed by atoms with Crippen LogP contribution in [0.1, 0.15) is 68.7 Å². The summed E-state index contributed by atoms with van der Waals surface area (Å²) in [6.45, 7) is 7.30. The van der Waals surface area contributed by atoms with Gasteiger partial charge in [0.25, 0.3) is 0 Å². The number of hydrogen-bond donors (Lipinski definition) is 3. The minimum Gasteiger partial charge on any atom is -0.381 e. The number of carbonyl (C=O) groups is 1. The smallest absolute Gasteiger partial charge is 0.381 e. The van der Waals surface area contributed by atoms with Gasteiger partial charge in [0.1, 0.15) is 0 Å². The van der Waals surface area contributed by atoms with E-state index in [1.54, 1.807) is 11.0 Å². The first-order chi connectivity index (χ1) is 16.6. The first kappa shape index (κ1) is 26.4. The molecular weight excluding hydrogens is 457 g/mol. The molecule has 1 unspecified atom stereocenters. The molecule has 196 valence electrons. The average Bonchev–Trinajstić information content (AvgIpc) is 3.26. The van der Waals surface area contributed by atoms with Crippen molar-refractivity contribution in [1.29, 1.82) is 0 Å². The zero-order valence-electron chi connectivity index (χ0n) is 20.8. The predicted molar refractivity (Wildman–Crippen MR) is 129 cm³/mol. The SMILES string of the molecule is CC(C)[C@]1(C(=O)N2Cc3cc(C(F)(F)F)ccc3C(NCCN)C2)CC[C@@H](NC2CCOCC2)C1. The van der Waals surface area contributed by atoms with Gasteiger partial charge in [-0.2, -0.15) is 13.2 Å². The van der Waals surface area contributed by atoms with Gasteiger partial charge in [0.2, 0.25) is 5.91 Å². The van der Waals surface area contributed by atoms with Crippen LogP contribution in [0.3, 0.4) is 0 Å². The molecule has 0 spiro atoms. The fourth-order valence-corrected chi connectivity index (χ4v) is 6.13. The fourth-order valence-electron chi connectivity index (χ4n) is 6.13. The molecule has 3 aliphatic rings. The van der Waals surface area contributed by atoms with Gasteiger partial charge < -0.3 is 26.0 Å². The lowest BCUT2D eigenvalue weighted by Crippen LogP contribution is -2.51. The summed E-state index contributed by atoms with van der Waals surface area (Å²) in [7, 11) is 0. The maximum atomic E-state index is 14.1. The van der Waals surface area contributed by atoms with E-state index in [1.165, 1.54) is 6.07 Å². The van der Waals surface area contributed by atoms with Crippen LogP contribution in [-0.2, 0) is 22.3 Å². The Morgan fingerprint density at radius 2 is 1.97 bits per heavy atom. The number of halogens is 3. The van der Waals surface area contributed by atoms with Crippen LogP contribution in [0.5, 0.6) is 0 Å². The van der Waals surface area contributed by atoms with Gasteiger partial charge in [-0.25, -0.2) is 0 Å². The molecule has 0 radical (unpaired) electrons. The standard InChI is InChI=1S/C26H39F3N4O2/c1-17(2)25(8-5-21(14-25)32-20-6-11-35-12-7-20)24(34)33-15-18-13-19(26(27,28)29)3-4-22(18)23(16-33)31-10-9-30/h3-4,13,17,20-21,23,31-32H,5-12,14-16,30H2,1-2H3/t21-,23?,25+/m1/s1. The van der Waals surface area contributed by atoms with Gasteiger partial charge in [-0.05, 0) is 61.3 Å². The normalized spacial score (nSPS) is 27.9. The number of ether oxygens (including phenoxy) is 1. The Morgan fingerprint density at radius 3 is 2.63 bits per heavy atom. The van der Waals surface area contributed by atoms with Gasteiger partial charge in [-0.1, -0.05) is 19.9 Å². The van der Waals surface area contributed by atoms with Crippen molar-refractivity contribution in [2.75, 3.05) is 32.8 Å². The Hall–Kier alpha value is -1.68. The number of nitrogens with two attached hydrogens (primary N) is 1. The first-order valence-corrected chi connectivity index (χ1v) is 12.9. The van der Waals surface area contributed by atoms with Crippen LogP contribution in [0.15, 0.2) is 18.2 Å². The van der Waals surface area contributed by atoms with Crippen molar-refractivity contribution < 1.29 is 22.7 Å². The molecule has 1 aromatic rings. The van der Waals surface area contributed by atoms with E-state index in [-0.39, 0.29) is 30.5 Å². The van der Waals surface area contributed by atoms with Crippen molar-refractivity contribution in [2.45, 2.75) is 76.8 Å². The van der Waals surface area contributed by atoms with E-state index >= 15 is 0 Å². The number of fused-ring (bicyclic) bond motifs is 1. The molecule has 1 saturated carbocycles. The molecule has 0 bridgehead atoms. The van der Waals surface area contributed by atoms with E-state index in [4.69, 9.17) is 10.5 Å². The molecule has 1 amide bonds. The number of carbonyl (C=O) groups excluding carboxylic acids is 1.